The van der Waals surface area contributed by atoms with Crippen LogP contribution in [-0.4, -0.2) is 31.7 Å². The monoisotopic (exact) mass is 361 g/mol. The van der Waals surface area contributed by atoms with Crippen molar-refractivity contribution >= 4 is 0 Å². The second-order valence-electron chi connectivity index (χ2n) is 6.18. The van der Waals surface area contributed by atoms with Crippen molar-refractivity contribution in [3.63, 3.8) is 0 Å². The van der Waals surface area contributed by atoms with Crippen molar-refractivity contribution in [3.8, 4) is 22.6 Å². The lowest BCUT2D eigenvalue weighted by Gasteiger charge is -2.09. The first-order valence-electron chi connectivity index (χ1n) is 8.55. The minimum absolute atomic E-state index is 0.186. The van der Waals surface area contributed by atoms with E-state index in [9.17, 15) is 4.79 Å². The Balaban J connectivity index is 1.74. The number of aromatic amines is 1. The molecule has 27 heavy (non-hydrogen) atoms. The van der Waals surface area contributed by atoms with Gasteiger partial charge in [-0.2, -0.15) is 14.9 Å². The van der Waals surface area contributed by atoms with E-state index in [1.807, 2.05) is 55.5 Å². The average molecular weight is 361 g/mol. The lowest BCUT2D eigenvalue weighted by Crippen LogP contribution is -2.24. The van der Waals surface area contributed by atoms with Crippen molar-refractivity contribution in [1.29, 1.82) is 0 Å². The second kappa shape index (κ2) is 6.95. The molecule has 0 aliphatic heterocycles. The summed E-state index contributed by atoms with van der Waals surface area (Å²) in [6.07, 6.45) is 3.52. The first kappa shape index (κ1) is 16.8. The molecule has 0 spiro atoms. The third-order valence-corrected chi connectivity index (χ3v) is 4.47. The van der Waals surface area contributed by atoms with E-state index in [0.29, 0.717) is 23.8 Å². The molecule has 4 aromatic rings. The minimum atomic E-state index is -0.186. The SMILES string of the molecule is COc1cc(-n2nc(C)n(Cc3ccccc3)c2=O)ccc1-c1cn[nH]c1. The van der Waals surface area contributed by atoms with Gasteiger partial charge in [-0.3, -0.25) is 9.67 Å². The average Bonchev–Trinajstić information content (AvgIpc) is 3.32. The Morgan fingerprint density at radius 3 is 2.67 bits per heavy atom. The van der Waals surface area contributed by atoms with Gasteiger partial charge in [0.25, 0.3) is 0 Å². The minimum Gasteiger partial charge on any atom is -0.496 e. The number of benzene rings is 2. The number of H-pyrrole nitrogens is 1. The van der Waals surface area contributed by atoms with Gasteiger partial charge in [0, 0.05) is 23.4 Å². The van der Waals surface area contributed by atoms with Gasteiger partial charge >= 0.3 is 5.69 Å². The van der Waals surface area contributed by atoms with Crippen LogP contribution >= 0.6 is 0 Å². The van der Waals surface area contributed by atoms with Gasteiger partial charge in [0.2, 0.25) is 0 Å². The fraction of sp³-hybridized carbons (Fsp3) is 0.150. The molecular formula is C20H19N5O2. The number of aryl methyl sites for hydroxylation is 1. The summed E-state index contributed by atoms with van der Waals surface area (Å²) in [6.45, 7) is 2.31. The van der Waals surface area contributed by atoms with Gasteiger partial charge in [0.1, 0.15) is 11.6 Å². The molecule has 0 aliphatic carbocycles. The highest BCUT2D eigenvalue weighted by atomic mass is 16.5. The zero-order valence-electron chi connectivity index (χ0n) is 15.1. The van der Waals surface area contributed by atoms with Crippen LogP contribution in [0.5, 0.6) is 5.75 Å². The Labute approximate surface area is 155 Å². The van der Waals surface area contributed by atoms with Gasteiger partial charge in [0.05, 0.1) is 25.5 Å². The van der Waals surface area contributed by atoms with Gasteiger partial charge < -0.3 is 4.74 Å². The standard InChI is InChI=1S/C20H19N5O2/c1-14-23-25(20(26)24(14)13-15-6-4-3-5-7-15)17-8-9-18(19(10-17)27-2)16-11-21-22-12-16/h3-12H,13H2,1-2H3,(H,21,22). The molecule has 7 heteroatoms. The summed E-state index contributed by atoms with van der Waals surface area (Å²) in [5, 5.41) is 11.2. The maximum atomic E-state index is 12.9. The molecule has 0 unspecified atom stereocenters. The summed E-state index contributed by atoms with van der Waals surface area (Å²) >= 11 is 0. The molecule has 0 aliphatic rings. The van der Waals surface area contributed by atoms with Crippen LogP contribution in [0.25, 0.3) is 16.8 Å². The van der Waals surface area contributed by atoms with Crippen molar-refractivity contribution in [2.24, 2.45) is 0 Å². The molecule has 0 saturated heterocycles. The molecule has 0 radical (unpaired) electrons. The number of hydrogen-bond acceptors (Lipinski definition) is 4. The maximum Gasteiger partial charge on any atom is 0.351 e. The molecule has 2 aromatic carbocycles. The predicted octanol–water partition coefficient (Wildman–Crippen LogP) is 2.79. The van der Waals surface area contributed by atoms with Crippen LogP contribution < -0.4 is 10.4 Å². The maximum absolute atomic E-state index is 12.9. The van der Waals surface area contributed by atoms with Crippen LogP contribution in [0.2, 0.25) is 0 Å². The number of aromatic nitrogens is 5. The van der Waals surface area contributed by atoms with Crippen molar-refractivity contribution < 1.29 is 4.74 Å². The van der Waals surface area contributed by atoms with E-state index in [1.165, 1.54) is 4.68 Å². The Morgan fingerprint density at radius 1 is 1.15 bits per heavy atom. The molecule has 2 heterocycles. The van der Waals surface area contributed by atoms with Crippen molar-refractivity contribution in [2.75, 3.05) is 7.11 Å². The Kier molecular flexibility index (Phi) is 4.33. The third-order valence-electron chi connectivity index (χ3n) is 4.47. The van der Waals surface area contributed by atoms with E-state index < -0.39 is 0 Å². The number of nitrogens with one attached hydrogen (secondary N) is 1. The zero-order valence-corrected chi connectivity index (χ0v) is 15.1. The van der Waals surface area contributed by atoms with E-state index in [2.05, 4.69) is 15.3 Å². The van der Waals surface area contributed by atoms with Crippen LogP contribution in [0.3, 0.4) is 0 Å². The van der Waals surface area contributed by atoms with E-state index in [0.717, 1.165) is 16.7 Å². The number of rotatable bonds is 5. The predicted molar refractivity (Wildman–Crippen MR) is 102 cm³/mol. The van der Waals surface area contributed by atoms with Crippen molar-refractivity contribution in [1.82, 2.24) is 24.5 Å². The van der Waals surface area contributed by atoms with Gasteiger partial charge in [-0.05, 0) is 24.6 Å². The van der Waals surface area contributed by atoms with E-state index in [1.54, 1.807) is 24.1 Å². The molecule has 2 aromatic heterocycles. The van der Waals surface area contributed by atoms with Crippen molar-refractivity contribution in [3.05, 3.63) is 82.8 Å². The summed E-state index contributed by atoms with van der Waals surface area (Å²) in [4.78, 5) is 12.9. The Hall–Kier alpha value is -3.61. The highest BCUT2D eigenvalue weighted by Gasteiger charge is 2.15. The number of ether oxygens (including phenoxy) is 1. The molecule has 0 fully saturated rings. The summed E-state index contributed by atoms with van der Waals surface area (Å²) in [6, 6.07) is 15.4. The summed E-state index contributed by atoms with van der Waals surface area (Å²) in [5.74, 6) is 1.30. The smallest absolute Gasteiger partial charge is 0.351 e. The first-order chi connectivity index (χ1) is 13.2. The molecular weight excluding hydrogens is 342 g/mol. The Bertz CT molecular complexity index is 1110. The van der Waals surface area contributed by atoms with Gasteiger partial charge in [-0.15, -0.1) is 0 Å². The fourth-order valence-corrected chi connectivity index (χ4v) is 3.06. The number of methoxy groups -OCH3 is 1. The quantitative estimate of drug-likeness (QED) is 0.593. The molecule has 0 atom stereocenters. The van der Waals surface area contributed by atoms with Crippen LogP contribution in [-0.2, 0) is 6.54 Å². The summed E-state index contributed by atoms with van der Waals surface area (Å²) < 4.78 is 8.57. The van der Waals surface area contributed by atoms with E-state index in [-0.39, 0.29) is 5.69 Å². The molecule has 0 amide bonds. The van der Waals surface area contributed by atoms with Crippen LogP contribution in [0.1, 0.15) is 11.4 Å². The molecule has 1 N–H and O–H groups in total. The molecule has 7 nitrogen and oxygen atoms in total. The molecule has 4 rings (SSSR count). The van der Waals surface area contributed by atoms with Crippen LogP contribution in [0.15, 0.2) is 65.7 Å². The molecule has 0 bridgehead atoms. The Morgan fingerprint density at radius 2 is 1.96 bits per heavy atom. The highest BCUT2D eigenvalue weighted by molar-refractivity contribution is 5.71. The largest absolute Gasteiger partial charge is 0.496 e. The number of hydrogen-bond donors (Lipinski definition) is 1. The molecule has 136 valence electrons. The van der Waals surface area contributed by atoms with E-state index in [4.69, 9.17) is 4.74 Å². The number of nitrogens with zero attached hydrogens (tertiary/aromatic N) is 4. The van der Waals surface area contributed by atoms with Gasteiger partial charge in [0.15, 0.2) is 0 Å². The van der Waals surface area contributed by atoms with Crippen molar-refractivity contribution in [2.45, 2.75) is 13.5 Å². The molecule has 0 saturated carbocycles. The summed E-state index contributed by atoms with van der Waals surface area (Å²) in [5.41, 5.74) is 3.32. The zero-order chi connectivity index (χ0) is 18.8. The van der Waals surface area contributed by atoms with Crippen LogP contribution in [0, 0.1) is 6.92 Å². The normalized spacial score (nSPS) is 10.9. The second-order valence-corrected chi connectivity index (χ2v) is 6.18. The van der Waals surface area contributed by atoms with Crippen LogP contribution in [0.4, 0.5) is 0 Å². The van der Waals surface area contributed by atoms with E-state index >= 15 is 0 Å². The highest BCUT2D eigenvalue weighted by Crippen LogP contribution is 2.30. The lowest BCUT2D eigenvalue weighted by atomic mass is 10.1. The first-order valence-corrected chi connectivity index (χ1v) is 8.55. The fourth-order valence-electron chi connectivity index (χ4n) is 3.06. The van der Waals surface area contributed by atoms with Gasteiger partial charge in [-0.1, -0.05) is 30.3 Å². The third kappa shape index (κ3) is 3.15. The van der Waals surface area contributed by atoms with Gasteiger partial charge in [-0.25, -0.2) is 4.79 Å². The topological polar surface area (TPSA) is 77.7 Å². The lowest BCUT2D eigenvalue weighted by molar-refractivity contribution is 0.416. The summed E-state index contributed by atoms with van der Waals surface area (Å²) in [7, 11) is 1.60.